The van der Waals surface area contributed by atoms with E-state index in [-0.39, 0.29) is 11.3 Å². The van der Waals surface area contributed by atoms with Gasteiger partial charge in [-0.3, -0.25) is 4.79 Å². The van der Waals surface area contributed by atoms with E-state index in [1.807, 2.05) is 6.26 Å². The van der Waals surface area contributed by atoms with Crippen molar-refractivity contribution in [2.45, 2.75) is 17.4 Å². The van der Waals surface area contributed by atoms with Crippen LogP contribution in [0.15, 0.2) is 32.0 Å². The minimum absolute atomic E-state index is 0.0103. The predicted octanol–water partition coefficient (Wildman–Crippen LogP) is 2.70. The van der Waals surface area contributed by atoms with Crippen LogP contribution < -0.4 is 4.72 Å². The third kappa shape index (κ3) is 5.03. The van der Waals surface area contributed by atoms with Crippen LogP contribution in [0.4, 0.5) is 0 Å². The molecule has 0 spiro atoms. The summed E-state index contributed by atoms with van der Waals surface area (Å²) in [5.41, 5.74) is 0. The van der Waals surface area contributed by atoms with Crippen LogP contribution in [0, 0.1) is 0 Å². The smallest absolute Gasteiger partial charge is 0.321 e. The van der Waals surface area contributed by atoms with Gasteiger partial charge in [-0.1, -0.05) is 15.9 Å². The first kappa shape index (κ1) is 18.0. The van der Waals surface area contributed by atoms with Crippen molar-refractivity contribution in [3.05, 3.63) is 27.1 Å². The van der Waals surface area contributed by atoms with E-state index in [1.165, 1.54) is 17.8 Å². The number of sulfonamides is 1. The highest BCUT2D eigenvalue weighted by Gasteiger charge is 2.26. The molecule has 0 aromatic heterocycles. The van der Waals surface area contributed by atoms with E-state index in [0.29, 0.717) is 10.2 Å². The summed E-state index contributed by atoms with van der Waals surface area (Å²) in [6, 6.07) is 3.44. The summed E-state index contributed by atoms with van der Waals surface area (Å²) in [6.45, 7) is 0. The molecule has 0 heterocycles. The Bertz CT molecular complexity index is 592. The van der Waals surface area contributed by atoms with E-state index in [2.05, 4.69) is 36.6 Å². The molecule has 0 aliphatic rings. The molecule has 1 aromatic rings. The third-order valence-electron chi connectivity index (χ3n) is 2.39. The van der Waals surface area contributed by atoms with Crippen molar-refractivity contribution < 1.29 is 18.3 Å². The Labute approximate surface area is 138 Å². The third-order valence-corrected chi connectivity index (χ3v) is 5.98. The lowest BCUT2D eigenvalue weighted by Crippen LogP contribution is -2.41. The molecule has 0 saturated heterocycles. The van der Waals surface area contributed by atoms with Crippen molar-refractivity contribution in [3.63, 3.8) is 0 Å². The number of thioether (sulfide) groups is 1. The van der Waals surface area contributed by atoms with Crippen LogP contribution in [0.3, 0.4) is 0 Å². The summed E-state index contributed by atoms with van der Waals surface area (Å²) < 4.78 is 27.7. The SMILES string of the molecule is CSCC[C@@H](NS(=O)(=O)c1ccc(Br)cc1Br)C(=O)O. The molecule has 2 N–H and O–H groups in total. The maximum atomic E-state index is 12.2. The van der Waals surface area contributed by atoms with Gasteiger partial charge in [0, 0.05) is 8.95 Å². The van der Waals surface area contributed by atoms with Crippen molar-refractivity contribution in [2.75, 3.05) is 12.0 Å². The van der Waals surface area contributed by atoms with Crippen molar-refractivity contribution in [2.24, 2.45) is 0 Å². The molecule has 0 amide bonds. The first-order chi connectivity index (χ1) is 9.27. The quantitative estimate of drug-likeness (QED) is 0.672. The predicted molar refractivity (Wildman–Crippen MR) is 86.6 cm³/mol. The van der Waals surface area contributed by atoms with Crippen LogP contribution in [-0.2, 0) is 14.8 Å². The van der Waals surface area contributed by atoms with E-state index in [4.69, 9.17) is 5.11 Å². The lowest BCUT2D eigenvalue weighted by Gasteiger charge is -2.15. The molecule has 5 nitrogen and oxygen atoms in total. The largest absolute Gasteiger partial charge is 0.480 e. The van der Waals surface area contributed by atoms with Gasteiger partial charge in [0.05, 0.1) is 4.90 Å². The number of carboxylic acids is 1. The monoisotopic (exact) mass is 445 g/mol. The molecule has 0 fully saturated rings. The second kappa shape index (κ2) is 7.79. The van der Waals surface area contributed by atoms with Gasteiger partial charge < -0.3 is 5.11 Å². The van der Waals surface area contributed by atoms with Crippen LogP contribution in [0.5, 0.6) is 0 Å². The van der Waals surface area contributed by atoms with Gasteiger partial charge in [-0.05, 0) is 52.6 Å². The minimum Gasteiger partial charge on any atom is -0.480 e. The first-order valence-corrected chi connectivity index (χ1v) is 9.93. The highest BCUT2D eigenvalue weighted by molar-refractivity contribution is 9.11. The molecule has 1 rings (SSSR count). The van der Waals surface area contributed by atoms with Gasteiger partial charge in [-0.25, -0.2) is 8.42 Å². The van der Waals surface area contributed by atoms with Crippen molar-refractivity contribution in [3.8, 4) is 0 Å². The molecule has 20 heavy (non-hydrogen) atoms. The topological polar surface area (TPSA) is 83.5 Å². The van der Waals surface area contributed by atoms with Gasteiger partial charge in [0.2, 0.25) is 10.0 Å². The minimum atomic E-state index is -3.89. The van der Waals surface area contributed by atoms with E-state index >= 15 is 0 Å². The number of aliphatic carboxylic acids is 1. The molecule has 0 bridgehead atoms. The molecule has 0 aliphatic heterocycles. The molecular weight excluding hydrogens is 434 g/mol. The fraction of sp³-hybridized carbons (Fsp3) is 0.364. The second-order valence-electron chi connectivity index (χ2n) is 3.87. The summed E-state index contributed by atoms with van der Waals surface area (Å²) in [5.74, 6) is -0.628. The first-order valence-electron chi connectivity index (χ1n) is 5.47. The number of benzene rings is 1. The maximum Gasteiger partial charge on any atom is 0.321 e. The summed E-state index contributed by atoms with van der Waals surface area (Å²) in [4.78, 5) is 11.1. The van der Waals surface area contributed by atoms with Gasteiger partial charge in [-0.15, -0.1) is 0 Å². The molecule has 0 saturated carbocycles. The van der Waals surface area contributed by atoms with E-state index in [1.54, 1.807) is 12.1 Å². The number of carboxylic acid groups (broad SMARTS) is 1. The Hall–Kier alpha value is -0.0900. The second-order valence-corrected chi connectivity index (χ2v) is 8.31. The van der Waals surface area contributed by atoms with Gasteiger partial charge >= 0.3 is 5.97 Å². The molecule has 112 valence electrons. The number of halogens is 2. The zero-order valence-electron chi connectivity index (χ0n) is 10.5. The molecule has 0 aliphatic carbocycles. The maximum absolute atomic E-state index is 12.2. The van der Waals surface area contributed by atoms with E-state index in [9.17, 15) is 13.2 Å². The Morgan fingerprint density at radius 1 is 1.45 bits per heavy atom. The fourth-order valence-electron chi connectivity index (χ4n) is 1.41. The number of hydrogen-bond donors (Lipinski definition) is 2. The molecule has 0 radical (unpaired) electrons. The number of hydrogen-bond acceptors (Lipinski definition) is 4. The van der Waals surface area contributed by atoms with Gasteiger partial charge in [0.25, 0.3) is 0 Å². The van der Waals surface area contributed by atoms with Gasteiger partial charge in [0.15, 0.2) is 0 Å². The fourth-order valence-corrected chi connectivity index (χ4v) is 4.85. The van der Waals surface area contributed by atoms with Crippen LogP contribution in [0.1, 0.15) is 6.42 Å². The summed E-state index contributed by atoms with van der Waals surface area (Å²) in [5, 5.41) is 9.07. The van der Waals surface area contributed by atoms with Gasteiger partial charge in [-0.2, -0.15) is 16.5 Å². The van der Waals surface area contributed by atoms with E-state index in [0.717, 1.165) is 4.47 Å². The number of carbonyl (C=O) groups is 1. The Balaban J connectivity index is 3.00. The molecule has 1 aromatic carbocycles. The Morgan fingerprint density at radius 2 is 2.10 bits per heavy atom. The van der Waals surface area contributed by atoms with Crippen LogP contribution >= 0.6 is 43.6 Å². The zero-order valence-corrected chi connectivity index (χ0v) is 15.3. The number of rotatable bonds is 7. The summed E-state index contributed by atoms with van der Waals surface area (Å²) in [6.07, 6.45) is 2.06. The Kier molecular flexibility index (Phi) is 6.99. The summed E-state index contributed by atoms with van der Waals surface area (Å²) in [7, 11) is -3.89. The average Bonchev–Trinajstić information content (AvgIpc) is 2.33. The standard InChI is InChI=1S/C11H13Br2NO4S2/c1-19-5-4-9(11(15)16)14-20(17,18)10-3-2-7(12)6-8(10)13/h2-3,6,9,14H,4-5H2,1H3,(H,15,16)/t9-/m1/s1. The zero-order chi connectivity index (χ0) is 15.3. The average molecular weight is 447 g/mol. The van der Waals surface area contributed by atoms with E-state index < -0.39 is 22.0 Å². The molecular formula is C11H13Br2NO4S2. The molecule has 9 heteroatoms. The highest BCUT2D eigenvalue weighted by atomic mass is 79.9. The summed E-state index contributed by atoms with van der Waals surface area (Å²) >= 11 is 7.85. The lowest BCUT2D eigenvalue weighted by molar-refractivity contribution is -0.139. The molecule has 0 unspecified atom stereocenters. The normalized spacial score (nSPS) is 13.2. The van der Waals surface area contributed by atoms with Crippen molar-refractivity contribution in [1.29, 1.82) is 0 Å². The Morgan fingerprint density at radius 3 is 2.60 bits per heavy atom. The highest BCUT2D eigenvalue weighted by Crippen LogP contribution is 2.25. The lowest BCUT2D eigenvalue weighted by atomic mass is 10.2. The van der Waals surface area contributed by atoms with Gasteiger partial charge in [0.1, 0.15) is 6.04 Å². The van der Waals surface area contributed by atoms with Crippen LogP contribution in [-0.4, -0.2) is 37.5 Å². The molecule has 1 atom stereocenters. The van der Waals surface area contributed by atoms with Crippen LogP contribution in [0.2, 0.25) is 0 Å². The van der Waals surface area contributed by atoms with Crippen molar-refractivity contribution >= 4 is 59.6 Å². The number of nitrogens with one attached hydrogen (secondary N) is 1. The van der Waals surface area contributed by atoms with Crippen molar-refractivity contribution in [1.82, 2.24) is 4.72 Å². The van der Waals surface area contributed by atoms with Crippen LogP contribution in [0.25, 0.3) is 0 Å².